The summed E-state index contributed by atoms with van der Waals surface area (Å²) in [6, 6.07) is -0.132. The van der Waals surface area contributed by atoms with E-state index in [2.05, 4.69) is 15.0 Å². The van der Waals surface area contributed by atoms with Gasteiger partial charge in [0, 0.05) is 38.3 Å². The topological polar surface area (TPSA) is 69.6 Å². The van der Waals surface area contributed by atoms with Crippen LogP contribution < -0.4 is 5.73 Å². The Labute approximate surface area is 101 Å². The van der Waals surface area contributed by atoms with E-state index >= 15 is 0 Å². The van der Waals surface area contributed by atoms with Crippen LogP contribution in [-0.4, -0.2) is 19.5 Å². The van der Waals surface area contributed by atoms with Crippen LogP contribution in [0.15, 0.2) is 24.8 Å². The molecule has 0 saturated heterocycles. The van der Waals surface area contributed by atoms with Gasteiger partial charge in [0.1, 0.15) is 11.6 Å². The van der Waals surface area contributed by atoms with Crippen molar-refractivity contribution in [2.24, 2.45) is 12.8 Å². The number of aryl methyl sites for hydroxylation is 3. The first kappa shape index (κ1) is 11.7. The number of hydrogen-bond donors (Lipinski definition) is 1. The summed E-state index contributed by atoms with van der Waals surface area (Å²) in [6.07, 6.45) is 8.95. The lowest BCUT2D eigenvalue weighted by Gasteiger charge is -2.09. The molecule has 17 heavy (non-hydrogen) atoms. The average molecular weight is 231 g/mol. The van der Waals surface area contributed by atoms with E-state index in [1.165, 1.54) is 0 Å². The molecule has 2 rings (SSSR count). The molecule has 0 radical (unpaired) electrons. The van der Waals surface area contributed by atoms with E-state index in [-0.39, 0.29) is 6.04 Å². The molecular formula is C12H17N5. The maximum atomic E-state index is 6.05. The maximum absolute atomic E-state index is 6.05. The summed E-state index contributed by atoms with van der Waals surface area (Å²) in [5.74, 6) is 1.73. The van der Waals surface area contributed by atoms with Gasteiger partial charge in [0.25, 0.3) is 0 Å². The molecule has 2 aromatic heterocycles. The minimum atomic E-state index is -0.132. The minimum Gasteiger partial charge on any atom is -0.338 e. The van der Waals surface area contributed by atoms with Crippen molar-refractivity contribution in [3.05, 3.63) is 42.0 Å². The van der Waals surface area contributed by atoms with Crippen LogP contribution in [0.5, 0.6) is 0 Å². The van der Waals surface area contributed by atoms with Crippen LogP contribution >= 0.6 is 0 Å². The van der Waals surface area contributed by atoms with E-state index in [0.717, 1.165) is 24.2 Å². The van der Waals surface area contributed by atoms with Gasteiger partial charge in [0.05, 0.1) is 6.04 Å². The van der Waals surface area contributed by atoms with E-state index in [1.54, 1.807) is 18.6 Å². The minimum absolute atomic E-state index is 0.132. The van der Waals surface area contributed by atoms with Crippen molar-refractivity contribution in [2.45, 2.75) is 25.8 Å². The van der Waals surface area contributed by atoms with Crippen LogP contribution in [0.1, 0.15) is 29.7 Å². The summed E-state index contributed by atoms with van der Waals surface area (Å²) in [7, 11) is 1.98. The molecule has 0 bridgehead atoms. The van der Waals surface area contributed by atoms with Crippen LogP contribution in [-0.2, 0) is 13.5 Å². The Balaban J connectivity index is 1.95. The number of imidazole rings is 1. The van der Waals surface area contributed by atoms with Gasteiger partial charge in [-0.05, 0) is 18.9 Å². The molecule has 2 N–H and O–H groups in total. The number of aromatic nitrogens is 4. The first-order valence-corrected chi connectivity index (χ1v) is 5.67. The molecule has 0 aliphatic heterocycles. The molecule has 90 valence electrons. The normalized spacial score (nSPS) is 12.6. The Morgan fingerprint density at radius 2 is 2.00 bits per heavy atom. The fourth-order valence-electron chi connectivity index (χ4n) is 1.65. The van der Waals surface area contributed by atoms with E-state index in [9.17, 15) is 0 Å². The Hall–Kier alpha value is -1.75. The Kier molecular flexibility index (Phi) is 3.49. The summed E-state index contributed by atoms with van der Waals surface area (Å²) in [5.41, 5.74) is 7.10. The van der Waals surface area contributed by atoms with Crippen LogP contribution in [0.3, 0.4) is 0 Å². The largest absolute Gasteiger partial charge is 0.338 e. The number of nitrogens with two attached hydrogens (primary N) is 1. The number of hydrogen-bond acceptors (Lipinski definition) is 4. The highest BCUT2D eigenvalue weighted by Crippen LogP contribution is 2.12. The third kappa shape index (κ3) is 2.88. The van der Waals surface area contributed by atoms with E-state index in [0.29, 0.717) is 5.82 Å². The van der Waals surface area contributed by atoms with Gasteiger partial charge in [0.15, 0.2) is 0 Å². The molecule has 0 fully saturated rings. The Morgan fingerprint density at radius 1 is 1.29 bits per heavy atom. The van der Waals surface area contributed by atoms with Crippen molar-refractivity contribution >= 4 is 0 Å². The lowest BCUT2D eigenvalue weighted by molar-refractivity contribution is 0.590. The molecular weight excluding hydrogens is 214 g/mol. The van der Waals surface area contributed by atoms with Gasteiger partial charge in [0.2, 0.25) is 0 Å². The van der Waals surface area contributed by atoms with E-state index in [4.69, 9.17) is 5.73 Å². The quantitative estimate of drug-likeness (QED) is 0.857. The van der Waals surface area contributed by atoms with Crippen LogP contribution in [0.4, 0.5) is 0 Å². The highest BCUT2D eigenvalue weighted by molar-refractivity contribution is 5.04. The Bertz CT molecular complexity index is 474. The average Bonchev–Trinajstić information content (AvgIpc) is 2.73. The van der Waals surface area contributed by atoms with Crippen molar-refractivity contribution < 1.29 is 0 Å². The molecule has 1 atom stereocenters. The second kappa shape index (κ2) is 5.05. The molecule has 2 aromatic rings. The molecule has 0 saturated carbocycles. The molecule has 2 heterocycles. The zero-order valence-corrected chi connectivity index (χ0v) is 10.2. The van der Waals surface area contributed by atoms with Crippen LogP contribution in [0, 0.1) is 6.92 Å². The van der Waals surface area contributed by atoms with Gasteiger partial charge in [-0.3, -0.25) is 0 Å². The first-order valence-electron chi connectivity index (χ1n) is 5.67. The zero-order chi connectivity index (χ0) is 12.3. The van der Waals surface area contributed by atoms with Crippen molar-refractivity contribution in [1.29, 1.82) is 0 Å². The first-order chi connectivity index (χ1) is 8.16. The van der Waals surface area contributed by atoms with Crippen molar-refractivity contribution in [2.75, 3.05) is 0 Å². The standard InChI is InChI=1S/C12H17N5/c1-9-7-15-12(16-8-9)10(13)3-4-11-14-5-6-17(11)2/h5-8,10H,3-4,13H2,1-2H3. The molecule has 5 nitrogen and oxygen atoms in total. The summed E-state index contributed by atoms with van der Waals surface area (Å²) in [5, 5.41) is 0. The highest BCUT2D eigenvalue weighted by atomic mass is 15.0. The predicted octanol–water partition coefficient (Wildman–Crippen LogP) is 1.15. The third-order valence-electron chi connectivity index (χ3n) is 2.73. The molecule has 0 amide bonds. The molecule has 5 heteroatoms. The summed E-state index contributed by atoms with van der Waals surface area (Å²) in [4.78, 5) is 12.7. The van der Waals surface area contributed by atoms with Crippen molar-refractivity contribution in [1.82, 2.24) is 19.5 Å². The lowest BCUT2D eigenvalue weighted by atomic mass is 10.1. The molecule has 0 aliphatic rings. The maximum Gasteiger partial charge on any atom is 0.144 e. The van der Waals surface area contributed by atoms with Gasteiger partial charge in [-0.25, -0.2) is 15.0 Å². The number of nitrogens with zero attached hydrogens (tertiary/aromatic N) is 4. The van der Waals surface area contributed by atoms with Crippen molar-refractivity contribution in [3.8, 4) is 0 Å². The summed E-state index contributed by atoms with van der Waals surface area (Å²) in [6.45, 7) is 1.96. The fourth-order valence-corrected chi connectivity index (χ4v) is 1.65. The second-order valence-electron chi connectivity index (χ2n) is 4.22. The van der Waals surface area contributed by atoms with Crippen LogP contribution in [0.2, 0.25) is 0 Å². The molecule has 0 aliphatic carbocycles. The third-order valence-corrected chi connectivity index (χ3v) is 2.73. The lowest BCUT2D eigenvalue weighted by Crippen LogP contribution is -2.15. The van der Waals surface area contributed by atoms with Crippen LogP contribution in [0.25, 0.3) is 0 Å². The Morgan fingerprint density at radius 3 is 2.59 bits per heavy atom. The van der Waals surface area contributed by atoms with Gasteiger partial charge < -0.3 is 10.3 Å². The van der Waals surface area contributed by atoms with Crippen molar-refractivity contribution in [3.63, 3.8) is 0 Å². The monoisotopic (exact) mass is 231 g/mol. The van der Waals surface area contributed by atoms with E-state index < -0.39 is 0 Å². The molecule has 0 aromatic carbocycles. The number of rotatable bonds is 4. The SMILES string of the molecule is Cc1cnc(C(N)CCc2nccn2C)nc1. The van der Waals surface area contributed by atoms with E-state index in [1.807, 2.05) is 24.7 Å². The molecule has 1 unspecified atom stereocenters. The van der Waals surface area contributed by atoms with Gasteiger partial charge in [-0.2, -0.15) is 0 Å². The summed E-state index contributed by atoms with van der Waals surface area (Å²) < 4.78 is 2.00. The highest BCUT2D eigenvalue weighted by Gasteiger charge is 2.10. The van der Waals surface area contributed by atoms with Gasteiger partial charge >= 0.3 is 0 Å². The zero-order valence-electron chi connectivity index (χ0n) is 10.2. The van der Waals surface area contributed by atoms with Gasteiger partial charge in [-0.15, -0.1) is 0 Å². The smallest absolute Gasteiger partial charge is 0.144 e. The fraction of sp³-hybridized carbons (Fsp3) is 0.417. The predicted molar refractivity (Wildman–Crippen MR) is 65.2 cm³/mol. The second-order valence-corrected chi connectivity index (χ2v) is 4.22. The molecule has 0 spiro atoms. The van der Waals surface area contributed by atoms with Gasteiger partial charge in [-0.1, -0.05) is 0 Å². The summed E-state index contributed by atoms with van der Waals surface area (Å²) >= 11 is 0.